The Morgan fingerprint density at radius 1 is 0.426 bits per heavy atom. The molecule has 0 aliphatic carbocycles. The van der Waals surface area contributed by atoms with Crippen LogP contribution in [-0.4, -0.2) is 9.97 Å². The monoisotopic (exact) mass is 728 g/mol. The van der Waals surface area contributed by atoms with E-state index >= 15 is 0 Å². The first kappa shape index (κ1) is 33.4. The number of benzene rings is 5. The number of para-hydroxylation sites is 2. The standard InChI is InChI=1S/C44H26F6N2O2/c1-23-17-27(21-29(19-23)43(45,46)47)31-5-3-7-35-37-41(53-39(31)35)33(13-15-51-37)25-9-11-26(12-10-25)34-14-16-52-38-36-8-4-6-32(40(36)54-42(34)38)28-18-24(2)20-30(22-28)44(48,49)50/h3-22H,1-2H3. The summed E-state index contributed by atoms with van der Waals surface area (Å²) in [7, 11) is 0. The molecule has 9 aromatic rings. The van der Waals surface area contributed by atoms with Crippen molar-refractivity contribution < 1.29 is 35.2 Å². The maximum Gasteiger partial charge on any atom is 0.416 e. The van der Waals surface area contributed by atoms with Crippen molar-refractivity contribution >= 4 is 44.1 Å². The van der Waals surface area contributed by atoms with Gasteiger partial charge in [0.1, 0.15) is 22.2 Å². The second kappa shape index (κ2) is 12.1. The van der Waals surface area contributed by atoms with Gasteiger partial charge in [0, 0.05) is 45.4 Å². The number of rotatable bonds is 4. The number of hydrogen-bond donors (Lipinski definition) is 0. The van der Waals surface area contributed by atoms with Crippen molar-refractivity contribution in [3.05, 3.63) is 144 Å². The van der Waals surface area contributed by atoms with Crippen molar-refractivity contribution in [3.8, 4) is 44.5 Å². The number of pyridine rings is 2. The minimum atomic E-state index is -4.50. The molecule has 0 saturated carbocycles. The van der Waals surface area contributed by atoms with Crippen molar-refractivity contribution in [2.45, 2.75) is 26.2 Å². The molecule has 0 radical (unpaired) electrons. The number of hydrogen-bond acceptors (Lipinski definition) is 4. The SMILES string of the molecule is Cc1cc(-c2cccc3c2oc2c(-c4ccc(-c5ccnc6c5oc5c(-c7cc(C)cc(C(F)(F)F)c7)cccc56)cc4)ccnc23)cc(C(F)(F)F)c1. The molecule has 0 amide bonds. The van der Waals surface area contributed by atoms with Crippen molar-refractivity contribution in [2.75, 3.05) is 0 Å². The lowest BCUT2D eigenvalue weighted by molar-refractivity contribution is -0.138. The first-order chi connectivity index (χ1) is 25.8. The summed E-state index contributed by atoms with van der Waals surface area (Å²) in [5.74, 6) is 0. The second-order valence-corrected chi connectivity index (χ2v) is 13.4. The van der Waals surface area contributed by atoms with Crippen LogP contribution in [0.1, 0.15) is 22.3 Å². The molecule has 0 N–H and O–H groups in total. The lowest BCUT2D eigenvalue weighted by Gasteiger charge is -2.11. The van der Waals surface area contributed by atoms with Crippen LogP contribution in [0.3, 0.4) is 0 Å². The Balaban J connectivity index is 1.13. The van der Waals surface area contributed by atoms with Crippen LogP contribution < -0.4 is 0 Å². The summed E-state index contributed by atoms with van der Waals surface area (Å²) in [4.78, 5) is 9.17. The topological polar surface area (TPSA) is 52.1 Å². The van der Waals surface area contributed by atoms with Gasteiger partial charge in [0.2, 0.25) is 0 Å². The first-order valence-electron chi connectivity index (χ1n) is 16.9. The predicted octanol–water partition coefficient (Wildman–Crippen LogP) is 13.6. The molecular weight excluding hydrogens is 702 g/mol. The van der Waals surface area contributed by atoms with Gasteiger partial charge in [-0.2, -0.15) is 26.3 Å². The average Bonchev–Trinajstić information content (AvgIpc) is 3.73. The van der Waals surface area contributed by atoms with E-state index < -0.39 is 23.5 Å². The fourth-order valence-corrected chi connectivity index (χ4v) is 7.30. The van der Waals surface area contributed by atoms with Crippen LogP contribution in [0.4, 0.5) is 26.3 Å². The van der Waals surface area contributed by atoms with E-state index in [1.54, 1.807) is 62.6 Å². The molecule has 10 heteroatoms. The van der Waals surface area contributed by atoms with E-state index in [4.69, 9.17) is 8.83 Å². The van der Waals surface area contributed by atoms with E-state index in [0.29, 0.717) is 77.5 Å². The third kappa shape index (κ3) is 5.57. The fourth-order valence-electron chi connectivity index (χ4n) is 7.30. The van der Waals surface area contributed by atoms with Gasteiger partial charge in [-0.15, -0.1) is 0 Å². The Bertz CT molecular complexity index is 2740. The van der Waals surface area contributed by atoms with Crippen molar-refractivity contribution in [1.29, 1.82) is 0 Å². The zero-order chi connectivity index (χ0) is 37.5. The molecule has 0 spiro atoms. The zero-order valence-electron chi connectivity index (χ0n) is 28.5. The molecule has 0 unspecified atom stereocenters. The molecule has 54 heavy (non-hydrogen) atoms. The summed E-state index contributed by atoms with van der Waals surface area (Å²) in [5, 5.41) is 1.36. The van der Waals surface area contributed by atoms with Crippen LogP contribution in [0.15, 0.2) is 130 Å². The number of furan rings is 2. The molecule has 0 fully saturated rings. The Morgan fingerprint density at radius 3 is 1.20 bits per heavy atom. The Hall–Kier alpha value is -6.42. The van der Waals surface area contributed by atoms with Crippen LogP contribution in [0, 0.1) is 13.8 Å². The number of alkyl halides is 6. The number of nitrogens with zero attached hydrogens (tertiary/aromatic N) is 2. The fraction of sp³-hybridized carbons (Fsp3) is 0.0909. The molecule has 4 heterocycles. The molecule has 0 saturated heterocycles. The first-order valence-corrected chi connectivity index (χ1v) is 16.9. The van der Waals surface area contributed by atoms with Crippen molar-refractivity contribution in [1.82, 2.24) is 9.97 Å². The lowest BCUT2D eigenvalue weighted by atomic mass is 9.98. The van der Waals surface area contributed by atoms with Gasteiger partial charge in [-0.25, -0.2) is 0 Å². The Kier molecular flexibility index (Phi) is 7.46. The van der Waals surface area contributed by atoms with Gasteiger partial charge in [-0.3, -0.25) is 9.97 Å². The highest BCUT2D eigenvalue weighted by Crippen LogP contribution is 2.43. The van der Waals surface area contributed by atoms with Gasteiger partial charge >= 0.3 is 12.4 Å². The van der Waals surface area contributed by atoms with Gasteiger partial charge in [0.15, 0.2) is 11.2 Å². The summed E-state index contributed by atoms with van der Waals surface area (Å²) in [6.45, 7) is 3.26. The Labute approximate surface area is 303 Å². The summed E-state index contributed by atoms with van der Waals surface area (Å²) in [5.41, 5.74) is 7.51. The van der Waals surface area contributed by atoms with Crippen molar-refractivity contribution in [2.24, 2.45) is 0 Å². The molecule has 4 aromatic heterocycles. The summed E-state index contributed by atoms with van der Waals surface area (Å²) in [6.07, 6.45) is -5.65. The van der Waals surface area contributed by atoms with E-state index in [0.717, 1.165) is 46.5 Å². The molecule has 0 aliphatic rings. The molecule has 0 bridgehead atoms. The summed E-state index contributed by atoms with van der Waals surface area (Å²) in [6, 6.07) is 30.0. The summed E-state index contributed by atoms with van der Waals surface area (Å²) >= 11 is 0. The van der Waals surface area contributed by atoms with Gasteiger partial charge in [0.05, 0.1) is 11.1 Å². The Morgan fingerprint density at radius 2 is 0.815 bits per heavy atom. The summed E-state index contributed by atoms with van der Waals surface area (Å²) < 4.78 is 95.2. The molecule has 9 rings (SSSR count). The predicted molar refractivity (Wildman–Crippen MR) is 198 cm³/mol. The minimum absolute atomic E-state index is 0.393. The highest BCUT2D eigenvalue weighted by atomic mass is 19.4. The van der Waals surface area contributed by atoms with Crippen molar-refractivity contribution in [3.63, 3.8) is 0 Å². The maximum absolute atomic E-state index is 13.7. The van der Waals surface area contributed by atoms with Crippen LogP contribution >= 0.6 is 0 Å². The number of halogens is 6. The molecule has 5 aromatic carbocycles. The van der Waals surface area contributed by atoms with E-state index in [1.165, 1.54) is 0 Å². The van der Waals surface area contributed by atoms with Crippen LogP contribution in [0.2, 0.25) is 0 Å². The molecule has 0 atom stereocenters. The zero-order valence-corrected chi connectivity index (χ0v) is 28.5. The number of aromatic nitrogens is 2. The van der Waals surface area contributed by atoms with E-state index in [2.05, 4.69) is 9.97 Å². The van der Waals surface area contributed by atoms with E-state index in [1.807, 2.05) is 48.5 Å². The number of fused-ring (bicyclic) bond motifs is 6. The molecular formula is C44H26F6N2O2. The third-order valence-corrected chi connectivity index (χ3v) is 9.70. The minimum Gasteiger partial charge on any atom is -0.453 e. The maximum atomic E-state index is 13.7. The highest BCUT2D eigenvalue weighted by Gasteiger charge is 2.32. The van der Waals surface area contributed by atoms with Crippen LogP contribution in [-0.2, 0) is 12.4 Å². The normalized spacial score (nSPS) is 12.4. The van der Waals surface area contributed by atoms with E-state index in [-0.39, 0.29) is 0 Å². The second-order valence-electron chi connectivity index (χ2n) is 13.4. The average molecular weight is 729 g/mol. The quantitative estimate of drug-likeness (QED) is 0.169. The van der Waals surface area contributed by atoms with Crippen LogP contribution in [0.5, 0.6) is 0 Å². The van der Waals surface area contributed by atoms with Gasteiger partial charge < -0.3 is 8.83 Å². The third-order valence-electron chi connectivity index (χ3n) is 9.70. The van der Waals surface area contributed by atoms with Crippen LogP contribution in [0.25, 0.3) is 88.6 Å². The largest absolute Gasteiger partial charge is 0.453 e. The van der Waals surface area contributed by atoms with Gasteiger partial charge in [-0.1, -0.05) is 60.7 Å². The lowest BCUT2D eigenvalue weighted by Crippen LogP contribution is -2.05. The smallest absolute Gasteiger partial charge is 0.416 e. The van der Waals surface area contributed by atoms with E-state index in [9.17, 15) is 26.3 Å². The highest BCUT2D eigenvalue weighted by molar-refractivity contribution is 6.12. The molecule has 0 aliphatic heterocycles. The molecule has 4 nitrogen and oxygen atoms in total. The number of aryl methyl sites for hydroxylation is 2. The van der Waals surface area contributed by atoms with Gasteiger partial charge in [0.25, 0.3) is 0 Å². The van der Waals surface area contributed by atoms with Gasteiger partial charge in [-0.05, 0) is 95.8 Å². The molecule has 266 valence electrons.